The van der Waals surface area contributed by atoms with Gasteiger partial charge in [-0.1, -0.05) is 15.9 Å². The first-order chi connectivity index (χ1) is 9.38. The molecule has 2 rings (SSSR count). The zero-order valence-corrected chi connectivity index (χ0v) is 12.5. The first-order valence-corrected chi connectivity index (χ1v) is 6.84. The van der Waals surface area contributed by atoms with Gasteiger partial charge in [-0.2, -0.15) is 0 Å². The van der Waals surface area contributed by atoms with Crippen molar-refractivity contribution in [2.45, 2.75) is 12.5 Å². The molecule has 0 unspecified atom stereocenters. The van der Waals surface area contributed by atoms with Gasteiger partial charge in [0.1, 0.15) is 12.2 Å². The van der Waals surface area contributed by atoms with Crippen LogP contribution in [0.2, 0.25) is 0 Å². The van der Waals surface area contributed by atoms with Gasteiger partial charge in [-0.05, 0) is 31.2 Å². The summed E-state index contributed by atoms with van der Waals surface area (Å²) in [7, 11) is 0. The van der Waals surface area contributed by atoms with Crippen LogP contribution in [0.5, 0.6) is 0 Å². The van der Waals surface area contributed by atoms with E-state index in [1.165, 1.54) is 0 Å². The molecule has 0 saturated carbocycles. The first kappa shape index (κ1) is 14.8. The highest BCUT2D eigenvalue weighted by molar-refractivity contribution is 9.10. The van der Waals surface area contributed by atoms with Crippen molar-refractivity contribution in [2.75, 3.05) is 25.0 Å². The minimum absolute atomic E-state index is 0.219. The third-order valence-electron chi connectivity index (χ3n) is 2.98. The summed E-state index contributed by atoms with van der Waals surface area (Å²) in [5.41, 5.74) is 0.133. The summed E-state index contributed by atoms with van der Waals surface area (Å²) in [6.07, 6.45) is 0. The third-order valence-corrected chi connectivity index (χ3v) is 3.51. The maximum atomic E-state index is 11.9. The molecule has 1 aliphatic heterocycles. The largest absolute Gasteiger partial charge is 0.480 e. The maximum absolute atomic E-state index is 11.9. The number of hydrogen-bond acceptors (Lipinski definition) is 3. The lowest BCUT2D eigenvalue weighted by atomic mass is 9.97. The van der Waals surface area contributed by atoms with E-state index in [2.05, 4.69) is 21.2 Å². The average Bonchev–Trinajstić information content (AvgIpc) is 2.35. The number of aliphatic carboxylic acids is 1. The van der Waals surface area contributed by atoms with Crippen molar-refractivity contribution >= 4 is 33.6 Å². The second kappa shape index (κ2) is 5.80. The number of nitrogens with one attached hydrogen (secondary N) is 1. The van der Waals surface area contributed by atoms with E-state index in [0.29, 0.717) is 18.8 Å². The standard InChI is InChI=1S/C13H15BrN2O4/c1-13(20-6-11(17)18)7-16(8-13)12(19)15-10-4-2-9(14)3-5-10/h2-5H,6-8H2,1H3,(H,15,19)(H,17,18). The second-order valence-corrected chi connectivity index (χ2v) is 5.84. The smallest absolute Gasteiger partial charge is 0.329 e. The van der Waals surface area contributed by atoms with Crippen LogP contribution in [-0.4, -0.2) is 47.3 Å². The minimum atomic E-state index is -1.01. The molecule has 1 aromatic rings. The number of anilines is 1. The molecule has 0 aromatic heterocycles. The average molecular weight is 343 g/mol. The number of carbonyl (C=O) groups excluding carboxylic acids is 1. The summed E-state index contributed by atoms with van der Waals surface area (Å²) in [6, 6.07) is 7.05. The molecular weight excluding hydrogens is 328 g/mol. The van der Waals surface area contributed by atoms with Gasteiger partial charge in [0.2, 0.25) is 0 Å². The Labute approximate surface area is 124 Å². The number of carboxylic acids is 1. The van der Waals surface area contributed by atoms with E-state index < -0.39 is 11.6 Å². The number of ether oxygens (including phenoxy) is 1. The lowest BCUT2D eigenvalue weighted by Crippen LogP contribution is -2.64. The van der Waals surface area contributed by atoms with E-state index in [9.17, 15) is 9.59 Å². The fraction of sp³-hybridized carbons (Fsp3) is 0.385. The van der Waals surface area contributed by atoms with E-state index >= 15 is 0 Å². The Morgan fingerprint density at radius 2 is 2.00 bits per heavy atom. The van der Waals surface area contributed by atoms with Crippen LogP contribution >= 0.6 is 15.9 Å². The van der Waals surface area contributed by atoms with Crippen molar-refractivity contribution in [1.82, 2.24) is 4.90 Å². The quantitative estimate of drug-likeness (QED) is 0.878. The van der Waals surface area contributed by atoms with Gasteiger partial charge in [-0.3, -0.25) is 0 Å². The third kappa shape index (κ3) is 3.71. The van der Waals surface area contributed by atoms with Gasteiger partial charge in [0, 0.05) is 10.2 Å². The normalized spacial score (nSPS) is 16.4. The predicted octanol–water partition coefficient (Wildman–Crippen LogP) is 2.16. The Kier molecular flexibility index (Phi) is 4.29. The predicted molar refractivity (Wildman–Crippen MR) is 76.7 cm³/mol. The Morgan fingerprint density at radius 1 is 1.40 bits per heavy atom. The highest BCUT2D eigenvalue weighted by atomic mass is 79.9. The lowest BCUT2D eigenvalue weighted by molar-refractivity contribution is -0.159. The van der Waals surface area contributed by atoms with E-state index in [-0.39, 0.29) is 12.6 Å². The molecule has 1 aliphatic rings. The van der Waals surface area contributed by atoms with Gasteiger partial charge in [-0.15, -0.1) is 0 Å². The van der Waals surface area contributed by atoms with E-state index in [4.69, 9.17) is 9.84 Å². The number of carboxylic acid groups (broad SMARTS) is 1. The molecule has 2 N–H and O–H groups in total. The molecule has 0 aliphatic carbocycles. The maximum Gasteiger partial charge on any atom is 0.329 e. The molecule has 0 spiro atoms. The van der Waals surface area contributed by atoms with Crippen molar-refractivity contribution in [3.05, 3.63) is 28.7 Å². The van der Waals surface area contributed by atoms with Crippen LogP contribution < -0.4 is 5.32 Å². The minimum Gasteiger partial charge on any atom is -0.480 e. The Hall–Kier alpha value is -1.60. The van der Waals surface area contributed by atoms with E-state index in [1.807, 2.05) is 12.1 Å². The van der Waals surface area contributed by atoms with Crippen LogP contribution in [0.25, 0.3) is 0 Å². The van der Waals surface area contributed by atoms with Gasteiger partial charge in [0.05, 0.1) is 13.1 Å². The summed E-state index contributed by atoms with van der Waals surface area (Å²) in [4.78, 5) is 24.0. The molecule has 6 nitrogen and oxygen atoms in total. The summed E-state index contributed by atoms with van der Waals surface area (Å²) in [5, 5.41) is 11.3. The molecule has 0 radical (unpaired) electrons. The molecule has 20 heavy (non-hydrogen) atoms. The summed E-state index contributed by atoms with van der Waals surface area (Å²) >= 11 is 3.32. The lowest BCUT2D eigenvalue weighted by Gasteiger charge is -2.46. The van der Waals surface area contributed by atoms with Gasteiger partial charge in [0.15, 0.2) is 0 Å². The molecule has 1 heterocycles. The molecule has 1 fully saturated rings. The monoisotopic (exact) mass is 342 g/mol. The number of nitrogens with zero attached hydrogens (tertiary/aromatic N) is 1. The molecule has 1 saturated heterocycles. The van der Waals surface area contributed by atoms with Crippen LogP contribution in [0.4, 0.5) is 10.5 Å². The zero-order chi connectivity index (χ0) is 14.8. The highest BCUT2D eigenvalue weighted by Crippen LogP contribution is 2.25. The van der Waals surface area contributed by atoms with Crippen molar-refractivity contribution < 1.29 is 19.4 Å². The fourth-order valence-corrected chi connectivity index (χ4v) is 2.23. The fourth-order valence-electron chi connectivity index (χ4n) is 1.97. The number of rotatable bonds is 4. The summed E-state index contributed by atoms with van der Waals surface area (Å²) < 4.78 is 6.18. The number of halogens is 1. The number of carbonyl (C=O) groups is 2. The summed E-state index contributed by atoms with van der Waals surface area (Å²) in [5.74, 6) is -1.01. The highest BCUT2D eigenvalue weighted by Gasteiger charge is 2.42. The molecule has 0 atom stereocenters. The van der Waals surface area contributed by atoms with Crippen molar-refractivity contribution in [2.24, 2.45) is 0 Å². The van der Waals surface area contributed by atoms with Crippen LogP contribution in [0.3, 0.4) is 0 Å². The van der Waals surface area contributed by atoms with E-state index in [1.54, 1.807) is 24.0 Å². The van der Waals surface area contributed by atoms with Gasteiger partial charge in [-0.25, -0.2) is 9.59 Å². The Bertz CT molecular complexity index is 512. The van der Waals surface area contributed by atoms with Crippen LogP contribution in [0.15, 0.2) is 28.7 Å². The van der Waals surface area contributed by atoms with Gasteiger partial charge >= 0.3 is 12.0 Å². The molecule has 2 amide bonds. The second-order valence-electron chi connectivity index (χ2n) is 4.93. The molecule has 0 bridgehead atoms. The first-order valence-electron chi connectivity index (χ1n) is 6.05. The van der Waals surface area contributed by atoms with Crippen molar-refractivity contribution in [1.29, 1.82) is 0 Å². The molecular formula is C13H15BrN2O4. The zero-order valence-electron chi connectivity index (χ0n) is 10.9. The summed E-state index contributed by atoms with van der Waals surface area (Å²) in [6.45, 7) is 2.20. The van der Waals surface area contributed by atoms with Crippen molar-refractivity contribution in [3.63, 3.8) is 0 Å². The SMILES string of the molecule is CC1(OCC(=O)O)CN(C(=O)Nc2ccc(Br)cc2)C1. The Morgan fingerprint density at radius 3 is 2.55 bits per heavy atom. The Balaban J connectivity index is 1.81. The molecule has 7 heteroatoms. The van der Waals surface area contributed by atoms with Crippen LogP contribution in [-0.2, 0) is 9.53 Å². The van der Waals surface area contributed by atoms with Crippen LogP contribution in [0.1, 0.15) is 6.92 Å². The molecule has 108 valence electrons. The molecule has 1 aromatic carbocycles. The number of amides is 2. The number of urea groups is 1. The van der Waals surface area contributed by atoms with Gasteiger partial charge in [0.25, 0.3) is 0 Å². The van der Waals surface area contributed by atoms with Crippen molar-refractivity contribution in [3.8, 4) is 0 Å². The van der Waals surface area contributed by atoms with Crippen LogP contribution in [0, 0.1) is 0 Å². The number of hydrogen-bond donors (Lipinski definition) is 2. The number of likely N-dealkylation sites (tertiary alicyclic amines) is 1. The topological polar surface area (TPSA) is 78.9 Å². The number of benzene rings is 1. The van der Waals surface area contributed by atoms with Gasteiger partial charge < -0.3 is 20.1 Å². The van der Waals surface area contributed by atoms with E-state index in [0.717, 1.165) is 4.47 Å².